The first-order valence-electron chi connectivity index (χ1n) is 5.57. The molecule has 0 radical (unpaired) electrons. The summed E-state index contributed by atoms with van der Waals surface area (Å²) >= 11 is 0. The first-order chi connectivity index (χ1) is 6.75. The second-order valence-electron chi connectivity index (χ2n) is 3.97. The second-order valence-corrected chi connectivity index (χ2v) is 3.97. The monoisotopic (exact) mass is 199 g/mol. The topological polar surface area (TPSA) is 38.3 Å². The largest absolute Gasteiger partial charge is 0.374 e. The van der Waals surface area contributed by atoms with Crippen LogP contribution in [0.25, 0.3) is 0 Å². The van der Waals surface area contributed by atoms with E-state index in [4.69, 9.17) is 4.74 Å². The number of Topliss-reactive ketones (excluding diaryl/α,β-unsaturated/α-hetero) is 1. The van der Waals surface area contributed by atoms with Gasteiger partial charge in [0.05, 0.1) is 0 Å². The van der Waals surface area contributed by atoms with Gasteiger partial charge in [-0.05, 0) is 32.7 Å². The summed E-state index contributed by atoms with van der Waals surface area (Å²) in [4.78, 5) is 11.9. The van der Waals surface area contributed by atoms with Gasteiger partial charge in [-0.25, -0.2) is 0 Å². The molecule has 1 aliphatic rings. The molecule has 0 aromatic carbocycles. The van der Waals surface area contributed by atoms with Crippen molar-refractivity contribution in [2.24, 2.45) is 5.41 Å². The number of hydrogen-bond donors (Lipinski definition) is 1. The molecule has 1 saturated heterocycles. The van der Waals surface area contributed by atoms with Crippen LogP contribution in [0, 0.1) is 5.41 Å². The van der Waals surface area contributed by atoms with E-state index >= 15 is 0 Å². The smallest absolute Gasteiger partial charge is 0.165 e. The third-order valence-corrected chi connectivity index (χ3v) is 3.18. The first-order valence-corrected chi connectivity index (χ1v) is 5.57. The molecular formula is C11H21NO2. The number of piperidine rings is 1. The Morgan fingerprint density at radius 1 is 1.50 bits per heavy atom. The Labute approximate surface area is 86.2 Å². The predicted molar refractivity (Wildman–Crippen MR) is 56.3 cm³/mol. The molecule has 0 saturated carbocycles. The molecule has 14 heavy (non-hydrogen) atoms. The molecule has 82 valence electrons. The van der Waals surface area contributed by atoms with Crippen LogP contribution in [-0.4, -0.2) is 32.1 Å². The molecule has 1 atom stereocenters. The molecule has 0 aromatic rings. The number of rotatable bonds is 5. The SMILES string of the molecule is CCOCC(=O)C1(CC)CCCNC1. The predicted octanol–water partition coefficient (Wildman–Crippen LogP) is 1.37. The highest BCUT2D eigenvalue weighted by molar-refractivity contribution is 5.86. The van der Waals surface area contributed by atoms with Crippen molar-refractivity contribution in [1.29, 1.82) is 0 Å². The fourth-order valence-electron chi connectivity index (χ4n) is 2.05. The Morgan fingerprint density at radius 3 is 2.79 bits per heavy atom. The zero-order valence-corrected chi connectivity index (χ0v) is 9.27. The van der Waals surface area contributed by atoms with Crippen molar-refractivity contribution in [2.45, 2.75) is 33.1 Å². The van der Waals surface area contributed by atoms with Gasteiger partial charge in [0.15, 0.2) is 5.78 Å². The van der Waals surface area contributed by atoms with Crippen molar-refractivity contribution in [3.05, 3.63) is 0 Å². The van der Waals surface area contributed by atoms with Crippen molar-refractivity contribution < 1.29 is 9.53 Å². The van der Waals surface area contributed by atoms with Gasteiger partial charge in [0, 0.05) is 18.6 Å². The first kappa shape index (κ1) is 11.7. The lowest BCUT2D eigenvalue weighted by Crippen LogP contribution is -2.46. The van der Waals surface area contributed by atoms with E-state index in [2.05, 4.69) is 12.2 Å². The molecule has 1 N–H and O–H groups in total. The molecule has 3 nitrogen and oxygen atoms in total. The number of nitrogens with one attached hydrogen (secondary N) is 1. The lowest BCUT2D eigenvalue weighted by atomic mass is 9.75. The minimum atomic E-state index is -0.145. The van der Waals surface area contributed by atoms with E-state index in [1.165, 1.54) is 0 Å². The Hall–Kier alpha value is -0.410. The zero-order chi connectivity index (χ0) is 10.4. The van der Waals surface area contributed by atoms with E-state index in [0.29, 0.717) is 6.61 Å². The molecule has 0 amide bonds. The van der Waals surface area contributed by atoms with Crippen LogP contribution in [-0.2, 0) is 9.53 Å². The molecule has 1 rings (SSSR count). The van der Waals surface area contributed by atoms with Crippen LogP contribution < -0.4 is 5.32 Å². The standard InChI is InChI=1S/C11H21NO2/c1-3-11(6-5-7-12-9-11)10(13)8-14-4-2/h12H,3-9H2,1-2H3. The minimum Gasteiger partial charge on any atom is -0.374 e. The zero-order valence-electron chi connectivity index (χ0n) is 9.27. The molecule has 0 bridgehead atoms. The molecule has 0 aliphatic carbocycles. The van der Waals surface area contributed by atoms with Gasteiger partial charge in [-0.1, -0.05) is 6.92 Å². The third kappa shape index (κ3) is 2.55. The van der Waals surface area contributed by atoms with Crippen LogP contribution in [0.4, 0.5) is 0 Å². The number of hydrogen-bond acceptors (Lipinski definition) is 3. The summed E-state index contributed by atoms with van der Waals surface area (Å²) in [5, 5.41) is 3.31. The normalized spacial score (nSPS) is 27.6. The van der Waals surface area contributed by atoms with Crippen LogP contribution in [0.15, 0.2) is 0 Å². The highest BCUT2D eigenvalue weighted by atomic mass is 16.5. The van der Waals surface area contributed by atoms with Crippen LogP contribution >= 0.6 is 0 Å². The third-order valence-electron chi connectivity index (χ3n) is 3.18. The van der Waals surface area contributed by atoms with E-state index in [-0.39, 0.29) is 17.8 Å². The molecule has 3 heteroatoms. The maximum Gasteiger partial charge on any atom is 0.165 e. The lowest BCUT2D eigenvalue weighted by molar-refractivity contribution is -0.134. The Morgan fingerprint density at radius 2 is 2.29 bits per heavy atom. The fraction of sp³-hybridized carbons (Fsp3) is 0.909. The van der Waals surface area contributed by atoms with Gasteiger partial charge in [-0.2, -0.15) is 0 Å². The Bertz CT molecular complexity index is 186. The summed E-state index contributed by atoms with van der Waals surface area (Å²) in [7, 11) is 0. The molecule has 1 heterocycles. The van der Waals surface area contributed by atoms with E-state index in [1.54, 1.807) is 0 Å². The summed E-state index contributed by atoms with van der Waals surface area (Å²) in [6, 6.07) is 0. The fourth-order valence-corrected chi connectivity index (χ4v) is 2.05. The van der Waals surface area contributed by atoms with Gasteiger partial charge in [0.25, 0.3) is 0 Å². The van der Waals surface area contributed by atoms with Gasteiger partial charge < -0.3 is 10.1 Å². The van der Waals surface area contributed by atoms with Gasteiger partial charge in [0.2, 0.25) is 0 Å². The van der Waals surface area contributed by atoms with Gasteiger partial charge in [0.1, 0.15) is 6.61 Å². The molecular weight excluding hydrogens is 178 g/mol. The molecule has 1 unspecified atom stereocenters. The van der Waals surface area contributed by atoms with Gasteiger partial charge in [-0.3, -0.25) is 4.79 Å². The summed E-state index contributed by atoms with van der Waals surface area (Å²) in [5.41, 5.74) is -0.145. The Kier molecular flexibility index (Phi) is 4.55. The average molecular weight is 199 g/mol. The summed E-state index contributed by atoms with van der Waals surface area (Å²) < 4.78 is 5.20. The van der Waals surface area contributed by atoms with Gasteiger partial charge in [-0.15, -0.1) is 0 Å². The van der Waals surface area contributed by atoms with Gasteiger partial charge >= 0.3 is 0 Å². The molecule has 0 spiro atoms. The van der Waals surface area contributed by atoms with Crippen molar-refractivity contribution >= 4 is 5.78 Å². The second kappa shape index (κ2) is 5.47. The average Bonchev–Trinajstić information content (AvgIpc) is 2.26. The quantitative estimate of drug-likeness (QED) is 0.727. The lowest BCUT2D eigenvalue weighted by Gasteiger charge is -2.35. The van der Waals surface area contributed by atoms with Crippen LogP contribution in [0.2, 0.25) is 0 Å². The van der Waals surface area contributed by atoms with Crippen molar-refractivity contribution in [2.75, 3.05) is 26.3 Å². The van der Waals surface area contributed by atoms with E-state index < -0.39 is 0 Å². The van der Waals surface area contributed by atoms with E-state index in [1.807, 2.05) is 6.92 Å². The highest BCUT2D eigenvalue weighted by Gasteiger charge is 2.37. The summed E-state index contributed by atoms with van der Waals surface area (Å²) in [6.45, 7) is 6.80. The van der Waals surface area contributed by atoms with Crippen LogP contribution in [0.3, 0.4) is 0 Å². The maximum atomic E-state index is 11.9. The maximum absolute atomic E-state index is 11.9. The van der Waals surface area contributed by atoms with Crippen molar-refractivity contribution in [3.8, 4) is 0 Å². The van der Waals surface area contributed by atoms with E-state index in [0.717, 1.165) is 32.4 Å². The van der Waals surface area contributed by atoms with E-state index in [9.17, 15) is 4.79 Å². The molecule has 1 aliphatic heterocycles. The number of carbonyl (C=O) groups excluding carboxylic acids is 1. The Balaban J connectivity index is 2.53. The van der Waals surface area contributed by atoms with Crippen LogP contribution in [0.5, 0.6) is 0 Å². The van der Waals surface area contributed by atoms with Crippen molar-refractivity contribution in [3.63, 3.8) is 0 Å². The van der Waals surface area contributed by atoms with Crippen molar-refractivity contribution in [1.82, 2.24) is 5.32 Å². The number of carbonyl (C=O) groups is 1. The number of ether oxygens (including phenoxy) is 1. The summed E-state index contributed by atoms with van der Waals surface area (Å²) in [5.74, 6) is 0.272. The summed E-state index contributed by atoms with van der Waals surface area (Å²) in [6.07, 6.45) is 3.04. The highest BCUT2D eigenvalue weighted by Crippen LogP contribution is 2.31. The van der Waals surface area contributed by atoms with Crippen LogP contribution in [0.1, 0.15) is 33.1 Å². The number of ketones is 1. The molecule has 1 fully saturated rings. The minimum absolute atomic E-state index is 0.145. The molecule has 0 aromatic heterocycles.